The molecule has 0 atom stereocenters. The van der Waals surface area contributed by atoms with E-state index in [1.54, 1.807) is 13.3 Å². The number of amides is 1. The molecule has 130 valence electrons. The summed E-state index contributed by atoms with van der Waals surface area (Å²) in [7, 11) is 1.69. The van der Waals surface area contributed by atoms with Crippen molar-refractivity contribution in [3.05, 3.63) is 24.2 Å². The molecule has 3 rings (SSSR count). The van der Waals surface area contributed by atoms with Gasteiger partial charge in [-0.3, -0.25) is 4.79 Å². The van der Waals surface area contributed by atoms with Crippen molar-refractivity contribution in [1.29, 1.82) is 0 Å². The second-order valence-electron chi connectivity index (χ2n) is 5.87. The molecule has 2 aromatic heterocycles. The Balaban J connectivity index is 1.62. The number of aromatic nitrogens is 3. The van der Waals surface area contributed by atoms with Gasteiger partial charge in [0.2, 0.25) is 5.91 Å². The lowest BCUT2D eigenvalue weighted by Gasteiger charge is -2.26. The van der Waals surface area contributed by atoms with Gasteiger partial charge in [0.15, 0.2) is 5.65 Å². The van der Waals surface area contributed by atoms with Crippen molar-refractivity contribution in [3.8, 4) is 0 Å². The van der Waals surface area contributed by atoms with E-state index >= 15 is 0 Å². The van der Waals surface area contributed by atoms with E-state index in [9.17, 15) is 4.79 Å². The van der Waals surface area contributed by atoms with E-state index < -0.39 is 0 Å². The highest BCUT2D eigenvalue weighted by molar-refractivity contribution is 5.76. The largest absolute Gasteiger partial charge is 0.383 e. The molecule has 1 aliphatic rings. The SMILES string of the molecule is COCCn1c(CCCC(=O)N2CCOCC2)nc2cccnc21. The van der Waals surface area contributed by atoms with Gasteiger partial charge in [-0.2, -0.15) is 0 Å². The van der Waals surface area contributed by atoms with Crippen molar-refractivity contribution in [2.75, 3.05) is 40.0 Å². The molecule has 2 aromatic rings. The van der Waals surface area contributed by atoms with Crippen LogP contribution >= 0.6 is 0 Å². The number of fused-ring (bicyclic) bond motifs is 1. The van der Waals surface area contributed by atoms with Crippen molar-refractivity contribution in [2.24, 2.45) is 0 Å². The first-order valence-electron chi connectivity index (χ1n) is 8.44. The molecule has 0 N–H and O–H groups in total. The van der Waals surface area contributed by atoms with Crippen molar-refractivity contribution in [3.63, 3.8) is 0 Å². The minimum Gasteiger partial charge on any atom is -0.383 e. The smallest absolute Gasteiger partial charge is 0.222 e. The predicted molar refractivity (Wildman–Crippen MR) is 89.7 cm³/mol. The van der Waals surface area contributed by atoms with Gasteiger partial charge in [0.25, 0.3) is 0 Å². The molecule has 0 saturated carbocycles. The number of carbonyl (C=O) groups is 1. The second-order valence-corrected chi connectivity index (χ2v) is 5.87. The van der Waals surface area contributed by atoms with Crippen LogP contribution in [0, 0.1) is 0 Å². The third kappa shape index (κ3) is 3.91. The summed E-state index contributed by atoms with van der Waals surface area (Å²) < 4.78 is 12.6. The van der Waals surface area contributed by atoms with Gasteiger partial charge in [-0.15, -0.1) is 0 Å². The van der Waals surface area contributed by atoms with E-state index in [0.717, 1.165) is 36.4 Å². The van der Waals surface area contributed by atoms with Crippen LogP contribution in [0.3, 0.4) is 0 Å². The summed E-state index contributed by atoms with van der Waals surface area (Å²) in [6, 6.07) is 3.86. The van der Waals surface area contributed by atoms with E-state index in [4.69, 9.17) is 9.47 Å². The first kappa shape index (κ1) is 16.9. The van der Waals surface area contributed by atoms with Crippen molar-refractivity contribution in [2.45, 2.75) is 25.8 Å². The molecule has 0 spiro atoms. The maximum atomic E-state index is 12.2. The monoisotopic (exact) mass is 332 g/mol. The maximum absolute atomic E-state index is 12.2. The molecule has 0 unspecified atom stereocenters. The zero-order valence-corrected chi connectivity index (χ0v) is 14.1. The average molecular weight is 332 g/mol. The highest BCUT2D eigenvalue weighted by Crippen LogP contribution is 2.16. The van der Waals surface area contributed by atoms with Gasteiger partial charge in [-0.05, 0) is 18.6 Å². The van der Waals surface area contributed by atoms with E-state index in [0.29, 0.717) is 39.3 Å². The fourth-order valence-corrected chi connectivity index (χ4v) is 2.98. The van der Waals surface area contributed by atoms with Crippen LogP contribution in [0.15, 0.2) is 18.3 Å². The molecular weight excluding hydrogens is 308 g/mol. The van der Waals surface area contributed by atoms with E-state index in [1.807, 2.05) is 17.0 Å². The second kappa shape index (κ2) is 8.21. The zero-order valence-electron chi connectivity index (χ0n) is 14.1. The number of nitrogens with zero attached hydrogens (tertiary/aromatic N) is 4. The lowest BCUT2D eigenvalue weighted by Crippen LogP contribution is -2.40. The van der Waals surface area contributed by atoms with Crippen LogP contribution in [-0.4, -0.2) is 65.4 Å². The number of ether oxygens (including phenoxy) is 2. The fourth-order valence-electron chi connectivity index (χ4n) is 2.98. The van der Waals surface area contributed by atoms with Gasteiger partial charge < -0.3 is 18.9 Å². The minimum absolute atomic E-state index is 0.205. The summed E-state index contributed by atoms with van der Waals surface area (Å²) >= 11 is 0. The summed E-state index contributed by atoms with van der Waals surface area (Å²) in [4.78, 5) is 23.2. The molecule has 1 fully saturated rings. The molecule has 1 aliphatic heterocycles. The Bertz CT molecular complexity index is 680. The molecule has 0 radical (unpaired) electrons. The number of aryl methyl sites for hydroxylation is 1. The number of rotatable bonds is 7. The number of hydrogen-bond donors (Lipinski definition) is 0. The van der Waals surface area contributed by atoms with Gasteiger partial charge in [-0.25, -0.2) is 9.97 Å². The van der Waals surface area contributed by atoms with Crippen molar-refractivity contribution in [1.82, 2.24) is 19.4 Å². The van der Waals surface area contributed by atoms with Crippen LogP contribution in [0.5, 0.6) is 0 Å². The van der Waals surface area contributed by atoms with Gasteiger partial charge in [0.05, 0.1) is 19.8 Å². The highest BCUT2D eigenvalue weighted by atomic mass is 16.5. The molecule has 7 heteroatoms. The number of carbonyl (C=O) groups excluding carboxylic acids is 1. The Hall–Kier alpha value is -1.99. The Labute approximate surface area is 141 Å². The molecule has 0 aromatic carbocycles. The molecule has 3 heterocycles. The van der Waals surface area contributed by atoms with E-state index in [1.165, 1.54) is 0 Å². The Morgan fingerprint density at radius 3 is 3.00 bits per heavy atom. The number of hydrogen-bond acceptors (Lipinski definition) is 5. The Kier molecular flexibility index (Phi) is 5.77. The first-order valence-corrected chi connectivity index (χ1v) is 8.44. The van der Waals surface area contributed by atoms with Crippen LogP contribution in [0.2, 0.25) is 0 Å². The van der Waals surface area contributed by atoms with E-state index in [-0.39, 0.29) is 5.91 Å². The van der Waals surface area contributed by atoms with Crippen LogP contribution in [-0.2, 0) is 27.2 Å². The van der Waals surface area contributed by atoms with E-state index in [2.05, 4.69) is 14.5 Å². The van der Waals surface area contributed by atoms with Crippen molar-refractivity contribution < 1.29 is 14.3 Å². The summed E-state index contributed by atoms with van der Waals surface area (Å²) in [5.41, 5.74) is 1.77. The third-order valence-corrected chi connectivity index (χ3v) is 4.26. The first-order chi connectivity index (χ1) is 11.8. The lowest BCUT2D eigenvalue weighted by molar-refractivity contribution is -0.135. The summed E-state index contributed by atoms with van der Waals surface area (Å²) in [5, 5.41) is 0. The normalized spacial score (nSPS) is 15.1. The molecular formula is C17H24N4O3. The highest BCUT2D eigenvalue weighted by Gasteiger charge is 2.17. The molecule has 1 saturated heterocycles. The Morgan fingerprint density at radius 1 is 1.38 bits per heavy atom. The zero-order chi connectivity index (χ0) is 16.8. The third-order valence-electron chi connectivity index (χ3n) is 4.26. The number of imidazole rings is 1. The van der Waals surface area contributed by atoms with Crippen LogP contribution < -0.4 is 0 Å². The predicted octanol–water partition coefficient (Wildman–Crippen LogP) is 1.26. The van der Waals surface area contributed by atoms with Gasteiger partial charge >= 0.3 is 0 Å². The van der Waals surface area contributed by atoms with Gasteiger partial charge in [0, 0.05) is 45.8 Å². The molecule has 24 heavy (non-hydrogen) atoms. The Morgan fingerprint density at radius 2 is 2.21 bits per heavy atom. The topological polar surface area (TPSA) is 69.5 Å². The molecule has 7 nitrogen and oxygen atoms in total. The number of morpholine rings is 1. The molecule has 0 bridgehead atoms. The molecule has 0 aliphatic carbocycles. The standard InChI is InChI=1S/C17H24N4O3/c1-23-11-10-21-15(19-14-4-3-7-18-17(14)21)5-2-6-16(22)20-8-12-24-13-9-20/h3-4,7H,2,5-6,8-13H2,1H3. The van der Waals surface area contributed by atoms with Crippen LogP contribution in [0.25, 0.3) is 11.2 Å². The number of methoxy groups -OCH3 is 1. The van der Waals surface area contributed by atoms with Gasteiger partial charge in [0.1, 0.15) is 11.3 Å². The lowest BCUT2D eigenvalue weighted by atomic mass is 10.2. The number of pyridine rings is 1. The average Bonchev–Trinajstić information content (AvgIpc) is 2.98. The van der Waals surface area contributed by atoms with Crippen molar-refractivity contribution >= 4 is 17.1 Å². The van der Waals surface area contributed by atoms with Crippen LogP contribution in [0.4, 0.5) is 0 Å². The molecule has 1 amide bonds. The maximum Gasteiger partial charge on any atom is 0.222 e. The van der Waals surface area contributed by atoms with Crippen LogP contribution in [0.1, 0.15) is 18.7 Å². The summed E-state index contributed by atoms with van der Waals surface area (Å²) in [6.07, 6.45) is 3.86. The fraction of sp³-hybridized carbons (Fsp3) is 0.588. The summed E-state index contributed by atoms with van der Waals surface area (Å²) in [5.74, 6) is 1.17. The summed E-state index contributed by atoms with van der Waals surface area (Å²) in [6.45, 7) is 4.02. The van der Waals surface area contributed by atoms with Gasteiger partial charge in [-0.1, -0.05) is 0 Å². The quantitative estimate of drug-likeness (QED) is 0.763. The minimum atomic E-state index is 0.205.